The average Bonchev–Trinajstić information content (AvgIpc) is 2.39. The molecule has 110 valence electrons. The molecule has 2 rings (SSSR count). The molecule has 1 aliphatic heterocycles. The van der Waals surface area contributed by atoms with Gasteiger partial charge in [-0.2, -0.15) is 0 Å². The zero-order chi connectivity index (χ0) is 14.4. The van der Waals surface area contributed by atoms with Crippen LogP contribution in [0.25, 0.3) is 0 Å². The summed E-state index contributed by atoms with van der Waals surface area (Å²) in [5.74, 6) is -0.217. The third-order valence-corrected chi connectivity index (χ3v) is 3.80. The van der Waals surface area contributed by atoms with Crippen molar-refractivity contribution in [3.63, 3.8) is 0 Å². The Hall–Kier alpha value is -1.39. The minimum absolute atomic E-state index is 0.0639. The Bertz CT molecular complexity index is 448. The molecule has 1 saturated heterocycles. The van der Waals surface area contributed by atoms with Gasteiger partial charge in [0, 0.05) is 13.1 Å². The van der Waals surface area contributed by atoms with Gasteiger partial charge in [-0.3, -0.25) is 9.69 Å². The van der Waals surface area contributed by atoms with E-state index < -0.39 is 5.97 Å². The van der Waals surface area contributed by atoms with Crippen LogP contribution in [-0.4, -0.2) is 42.2 Å². The summed E-state index contributed by atoms with van der Waals surface area (Å²) in [6.07, 6.45) is 2.39. The molecule has 1 fully saturated rings. The van der Waals surface area contributed by atoms with Crippen LogP contribution in [0.5, 0.6) is 0 Å². The predicted molar refractivity (Wildman–Crippen MR) is 79.7 cm³/mol. The van der Waals surface area contributed by atoms with Crippen LogP contribution < -0.4 is 5.32 Å². The van der Waals surface area contributed by atoms with Crippen molar-refractivity contribution in [2.24, 2.45) is 5.92 Å². The van der Waals surface area contributed by atoms with Crippen LogP contribution in [0.4, 0.5) is 0 Å². The molecule has 1 heterocycles. The highest BCUT2D eigenvalue weighted by atomic mass is 16.4. The van der Waals surface area contributed by atoms with E-state index in [1.165, 1.54) is 24.0 Å². The number of likely N-dealkylation sites (tertiary alicyclic amines) is 1. The Balaban J connectivity index is 1.79. The van der Waals surface area contributed by atoms with Crippen molar-refractivity contribution in [3.8, 4) is 0 Å². The lowest BCUT2D eigenvalue weighted by Gasteiger charge is -2.32. The SMILES string of the molecule is Cc1cccc(CN2CCCC(CNCC(=O)O)C2)c1. The number of rotatable bonds is 6. The molecule has 1 aromatic carbocycles. The quantitative estimate of drug-likeness (QED) is 0.833. The maximum absolute atomic E-state index is 10.5. The van der Waals surface area contributed by atoms with Gasteiger partial charge in [-0.05, 0) is 44.3 Å². The van der Waals surface area contributed by atoms with Gasteiger partial charge in [-0.1, -0.05) is 29.8 Å². The van der Waals surface area contributed by atoms with Gasteiger partial charge in [-0.15, -0.1) is 0 Å². The Labute approximate surface area is 120 Å². The van der Waals surface area contributed by atoms with Crippen molar-refractivity contribution in [2.45, 2.75) is 26.3 Å². The van der Waals surface area contributed by atoms with Crippen molar-refractivity contribution in [1.82, 2.24) is 10.2 Å². The number of nitrogens with one attached hydrogen (secondary N) is 1. The fraction of sp³-hybridized carbons (Fsp3) is 0.562. The molecule has 0 aliphatic carbocycles. The van der Waals surface area contributed by atoms with Gasteiger partial charge in [0.2, 0.25) is 0 Å². The Morgan fingerprint density at radius 3 is 3.10 bits per heavy atom. The summed E-state index contributed by atoms with van der Waals surface area (Å²) < 4.78 is 0. The number of nitrogens with zero attached hydrogens (tertiary/aromatic N) is 1. The average molecular weight is 276 g/mol. The highest BCUT2D eigenvalue weighted by Gasteiger charge is 2.19. The first-order valence-corrected chi connectivity index (χ1v) is 7.34. The van der Waals surface area contributed by atoms with Crippen LogP contribution in [0, 0.1) is 12.8 Å². The number of aliphatic carboxylic acids is 1. The Morgan fingerprint density at radius 1 is 1.50 bits per heavy atom. The lowest BCUT2D eigenvalue weighted by Crippen LogP contribution is -2.40. The fourth-order valence-electron chi connectivity index (χ4n) is 2.91. The van der Waals surface area contributed by atoms with Crippen molar-refractivity contribution in [3.05, 3.63) is 35.4 Å². The van der Waals surface area contributed by atoms with Gasteiger partial charge >= 0.3 is 5.97 Å². The van der Waals surface area contributed by atoms with E-state index in [2.05, 4.69) is 41.4 Å². The molecule has 0 amide bonds. The van der Waals surface area contributed by atoms with Crippen molar-refractivity contribution >= 4 is 5.97 Å². The summed E-state index contributed by atoms with van der Waals surface area (Å²) >= 11 is 0. The van der Waals surface area contributed by atoms with Gasteiger partial charge in [0.25, 0.3) is 0 Å². The van der Waals surface area contributed by atoms with E-state index in [1.54, 1.807) is 0 Å². The molecule has 0 bridgehead atoms. The number of carboxylic acid groups (broad SMARTS) is 1. The molecule has 2 N–H and O–H groups in total. The Morgan fingerprint density at radius 2 is 2.35 bits per heavy atom. The number of carboxylic acids is 1. The normalized spacial score (nSPS) is 19.9. The van der Waals surface area contributed by atoms with Crippen molar-refractivity contribution < 1.29 is 9.90 Å². The first-order valence-electron chi connectivity index (χ1n) is 7.34. The molecule has 20 heavy (non-hydrogen) atoms. The van der Waals surface area contributed by atoms with E-state index in [4.69, 9.17) is 5.11 Å². The highest BCUT2D eigenvalue weighted by Crippen LogP contribution is 2.18. The van der Waals surface area contributed by atoms with Gasteiger partial charge in [0.05, 0.1) is 6.54 Å². The largest absolute Gasteiger partial charge is 0.480 e. The maximum Gasteiger partial charge on any atom is 0.317 e. The number of benzene rings is 1. The molecule has 4 heteroatoms. The third-order valence-electron chi connectivity index (χ3n) is 3.80. The molecule has 1 aliphatic rings. The summed E-state index contributed by atoms with van der Waals surface area (Å²) in [4.78, 5) is 13.0. The molecule has 0 aromatic heterocycles. The number of aryl methyl sites for hydroxylation is 1. The molecular formula is C16H24N2O2. The molecule has 0 spiro atoms. The molecule has 4 nitrogen and oxygen atoms in total. The smallest absolute Gasteiger partial charge is 0.317 e. The van der Waals surface area contributed by atoms with Gasteiger partial charge in [0.1, 0.15) is 0 Å². The molecule has 0 radical (unpaired) electrons. The highest BCUT2D eigenvalue weighted by molar-refractivity contribution is 5.68. The van der Waals surface area contributed by atoms with E-state index in [1.807, 2.05) is 0 Å². The van der Waals surface area contributed by atoms with Gasteiger partial charge in [0.15, 0.2) is 0 Å². The summed E-state index contributed by atoms with van der Waals surface area (Å²) in [5.41, 5.74) is 2.67. The van der Waals surface area contributed by atoms with E-state index in [0.717, 1.165) is 26.2 Å². The summed E-state index contributed by atoms with van der Waals surface area (Å²) in [6, 6.07) is 8.66. The number of hydrogen-bond acceptors (Lipinski definition) is 3. The second kappa shape index (κ2) is 7.41. The third kappa shape index (κ3) is 4.94. The minimum Gasteiger partial charge on any atom is -0.480 e. The predicted octanol–water partition coefficient (Wildman–Crippen LogP) is 1.88. The topological polar surface area (TPSA) is 52.6 Å². The maximum atomic E-state index is 10.5. The lowest BCUT2D eigenvalue weighted by molar-refractivity contribution is -0.136. The van der Waals surface area contributed by atoms with Crippen LogP contribution >= 0.6 is 0 Å². The van der Waals surface area contributed by atoms with Crippen molar-refractivity contribution in [2.75, 3.05) is 26.2 Å². The Kier molecular flexibility index (Phi) is 5.56. The van der Waals surface area contributed by atoms with Crippen LogP contribution in [0.3, 0.4) is 0 Å². The summed E-state index contributed by atoms with van der Waals surface area (Å²) in [7, 11) is 0. The molecular weight excluding hydrogens is 252 g/mol. The minimum atomic E-state index is -0.780. The second-order valence-corrected chi connectivity index (χ2v) is 5.76. The van der Waals surface area contributed by atoms with Crippen LogP contribution in [0.15, 0.2) is 24.3 Å². The molecule has 1 aromatic rings. The monoisotopic (exact) mass is 276 g/mol. The van der Waals surface area contributed by atoms with E-state index >= 15 is 0 Å². The van der Waals surface area contributed by atoms with E-state index in [9.17, 15) is 4.79 Å². The second-order valence-electron chi connectivity index (χ2n) is 5.76. The van der Waals surface area contributed by atoms with Crippen LogP contribution in [0.2, 0.25) is 0 Å². The number of carbonyl (C=O) groups is 1. The lowest BCUT2D eigenvalue weighted by atomic mass is 9.97. The zero-order valence-corrected chi connectivity index (χ0v) is 12.1. The first kappa shape index (κ1) is 15.0. The molecule has 0 saturated carbocycles. The number of piperidine rings is 1. The van der Waals surface area contributed by atoms with Crippen LogP contribution in [-0.2, 0) is 11.3 Å². The van der Waals surface area contributed by atoms with Gasteiger partial charge in [-0.25, -0.2) is 0 Å². The first-order chi connectivity index (χ1) is 9.63. The summed E-state index contributed by atoms with van der Waals surface area (Å²) in [5, 5.41) is 11.7. The van der Waals surface area contributed by atoms with Gasteiger partial charge < -0.3 is 10.4 Å². The van der Waals surface area contributed by atoms with E-state index in [-0.39, 0.29) is 6.54 Å². The number of hydrogen-bond donors (Lipinski definition) is 2. The molecule has 1 atom stereocenters. The fourth-order valence-corrected chi connectivity index (χ4v) is 2.91. The van der Waals surface area contributed by atoms with Crippen LogP contribution in [0.1, 0.15) is 24.0 Å². The van der Waals surface area contributed by atoms with Crippen molar-refractivity contribution in [1.29, 1.82) is 0 Å². The summed E-state index contributed by atoms with van der Waals surface area (Å²) in [6.45, 7) is 6.18. The molecule has 1 unspecified atom stereocenters. The zero-order valence-electron chi connectivity index (χ0n) is 12.1. The van der Waals surface area contributed by atoms with E-state index in [0.29, 0.717) is 5.92 Å². The standard InChI is InChI=1S/C16H24N2O2/c1-13-4-2-5-14(8-13)11-18-7-3-6-15(12-18)9-17-10-16(19)20/h2,4-5,8,15,17H,3,6-7,9-12H2,1H3,(H,19,20).